The molecule has 0 aliphatic rings. The summed E-state index contributed by atoms with van der Waals surface area (Å²) in [5, 5.41) is 11.2. The summed E-state index contributed by atoms with van der Waals surface area (Å²) in [5.41, 5.74) is 3.19. The molecule has 0 aliphatic heterocycles. The van der Waals surface area contributed by atoms with E-state index >= 15 is 0 Å². The first-order valence-electron chi connectivity index (χ1n) is 6.44. The van der Waals surface area contributed by atoms with E-state index in [1.165, 1.54) is 10.8 Å². The number of halogens is 1. The second kappa shape index (κ2) is 4.46. The van der Waals surface area contributed by atoms with Gasteiger partial charge in [-0.1, -0.05) is 52.3 Å². The zero-order valence-electron chi connectivity index (χ0n) is 10.6. The molecule has 4 rings (SSSR count). The molecule has 0 atom stereocenters. The number of aromatic nitrogens is 2. The van der Waals surface area contributed by atoms with Crippen molar-refractivity contribution < 1.29 is 0 Å². The fourth-order valence-corrected chi connectivity index (χ4v) is 2.80. The quantitative estimate of drug-likeness (QED) is 0.516. The predicted molar refractivity (Wildman–Crippen MR) is 86.7 cm³/mol. The SMILES string of the molecule is Brc1ccc(-c2n[nH]c3cc4ccccc4cc23)cc1. The Morgan fingerprint density at radius 1 is 0.850 bits per heavy atom. The molecule has 0 unspecified atom stereocenters. The van der Waals surface area contributed by atoms with E-state index in [4.69, 9.17) is 0 Å². The van der Waals surface area contributed by atoms with Crippen LogP contribution < -0.4 is 0 Å². The lowest BCUT2D eigenvalue weighted by molar-refractivity contribution is 1.12. The van der Waals surface area contributed by atoms with Gasteiger partial charge in [0.05, 0.1) is 11.2 Å². The summed E-state index contributed by atoms with van der Waals surface area (Å²) in [7, 11) is 0. The molecule has 3 aromatic carbocycles. The van der Waals surface area contributed by atoms with Crippen LogP contribution in [0.1, 0.15) is 0 Å². The molecule has 20 heavy (non-hydrogen) atoms. The van der Waals surface area contributed by atoms with Crippen molar-refractivity contribution in [2.75, 3.05) is 0 Å². The molecule has 0 saturated heterocycles. The number of aromatic amines is 1. The highest BCUT2D eigenvalue weighted by Gasteiger charge is 2.09. The number of H-pyrrole nitrogens is 1. The molecule has 0 radical (unpaired) electrons. The molecule has 1 N–H and O–H groups in total. The van der Waals surface area contributed by atoms with Crippen LogP contribution >= 0.6 is 15.9 Å². The van der Waals surface area contributed by atoms with Gasteiger partial charge in [-0.3, -0.25) is 5.10 Å². The second-order valence-corrected chi connectivity index (χ2v) is 5.74. The number of hydrogen-bond donors (Lipinski definition) is 1. The van der Waals surface area contributed by atoms with E-state index in [-0.39, 0.29) is 0 Å². The minimum absolute atomic E-state index is 0.998. The number of fused-ring (bicyclic) bond motifs is 2. The Bertz CT molecular complexity index is 907. The van der Waals surface area contributed by atoms with Crippen LogP contribution in [0.4, 0.5) is 0 Å². The lowest BCUT2D eigenvalue weighted by Gasteiger charge is -2.00. The maximum atomic E-state index is 4.48. The number of hydrogen-bond acceptors (Lipinski definition) is 1. The highest BCUT2D eigenvalue weighted by Crippen LogP contribution is 2.30. The van der Waals surface area contributed by atoms with Gasteiger partial charge in [-0.2, -0.15) is 5.10 Å². The molecule has 96 valence electrons. The van der Waals surface area contributed by atoms with Crippen molar-refractivity contribution in [3.05, 3.63) is 65.1 Å². The average Bonchev–Trinajstić information content (AvgIpc) is 2.88. The van der Waals surface area contributed by atoms with Gasteiger partial charge >= 0.3 is 0 Å². The fourth-order valence-electron chi connectivity index (χ4n) is 2.53. The van der Waals surface area contributed by atoms with Crippen molar-refractivity contribution in [3.8, 4) is 11.3 Å². The Labute approximate surface area is 124 Å². The lowest BCUT2D eigenvalue weighted by atomic mass is 10.0. The standard InChI is InChI=1S/C17H11BrN2/c18-14-7-5-11(6-8-14)17-15-9-12-3-1-2-4-13(12)10-16(15)19-20-17/h1-10H,(H,19,20). The van der Waals surface area contributed by atoms with Gasteiger partial charge in [0, 0.05) is 15.4 Å². The first kappa shape index (κ1) is 11.7. The monoisotopic (exact) mass is 322 g/mol. The molecule has 0 saturated carbocycles. The third-order valence-corrected chi connectivity index (χ3v) is 4.08. The number of rotatable bonds is 1. The van der Waals surface area contributed by atoms with Crippen molar-refractivity contribution in [1.82, 2.24) is 10.2 Å². The Morgan fingerprint density at radius 3 is 2.30 bits per heavy atom. The summed E-state index contributed by atoms with van der Waals surface area (Å²) >= 11 is 3.46. The highest BCUT2D eigenvalue weighted by atomic mass is 79.9. The third kappa shape index (κ3) is 1.82. The molecule has 2 nitrogen and oxygen atoms in total. The zero-order valence-corrected chi connectivity index (χ0v) is 12.2. The van der Waals surface area contributed by atoms with Crippen LogP contribution in [-0.4, -0.2) is 10.2 Å². The van der Waals surface area contributed by atoms with E-state index < -0.39 is 0 Å². The van der Waals surface area contributed by atoms with E-state index in [1.807, 2.05) is 12.1 Å². The normalized spacial score (nSPS) is 11.2. The Morgan fingerprint density at radius 2 is 1.55 bits per heavy atom. The van der Waals surface area contributed by atoms with Gasteiger partial charge in [0.1, 0.15) is 0 Å². The minimum Gasteiger partial charge on any atom is -0.277 e. The summed E-state index contributed by atoms with van der Waals surface area (Å²) in [6.45, 7) is 0. The zero-order chi connectivity index (χ0) is 13.5. The summed E-state index contributed by atoms with van der Waals surface area (Å²) < 4.78 is 1.08. The Hall–Kier alpha value is -2.13. The molecule has 1 aromatic heterocycles. The van der Waals surface area contributed by atoms with E-state index in [9.17, 15) is 0 Å². The highest BCUT2D eigenvalue weighted by molar-refractivity contribution is 9.10. The van der Waals surface area contributed by atoms with Crippen LogP contribution in [0.5, 0.6) is 0 Å². The van der Waals surface area contributed by atoms with E-state index in [0.717, 1.165) is 26.6 Å². The summed E-state index contributed by atoms with van der Waals surface area (Å²) in [5.74, 6) is 0. The van der Waals surface area contributed by atoms with Gasteiger partial charge in [0.2, 0.25) is 0 Å². The number of nitrogens with zero attached hydrogens (tertiary/aromatic N) is 1. The fraction of sp³-hybridized carbons (Fsp3) is 0. The molecule has 0 spiro atoms. The van der Waals surface area contributed by atoms with E-state index in [2.05, 4.69) is 74.7 Å². The topological polar surface area (TPSA) is 28.7 Å². The first-order valence-corrected chi connectivity index (χ1v) is 7.23. The molecule has 0 bridgehead atoms. The largest absolute Gasteiger partial charge is 0.277 e. The Kier molecular flexibility index (Phi) is 2.60. The molecular formula is C17H11BrN2. The first-order chi connectivity index (χ1) is 9.81. The number of benzene rings is 3. The van der Waals surface area contributed by atoms with Gasteiger partial charge in [-0.15, -0.1) is 0 Å². The third-order valence-electron chi connectivity index (χ3n) is 3.55. The maximum Gasteiger partial charge on any atom is 0.0999 e. The molecule has 0 aliphatic carbocycles. The van der Waals surface area contributed by atoms with Crippen LogP contribution in [0.15, 0.2) is 65.1 Å². The molecule has 4 aromatic rings. The van der Waals surface area contributed by atoms with Crippen molar-refractivity contribution in [2.45, 2.75) is 0 Å². The predicted octanol–water partition coefficient (Wildman–Crippen LogP) is 5.15. The molecule has 0 fully saturated rings. The van der Waals surface area contributed by atoms with E-state index in [0.29, 0.717) is 0 Å². The molecule has 3 heteroatoms. The van der Waals surface area contributed by atoms with Gasteiger partial charge in [0.25, 0.3) is 0 Å². The maximum absolute atomic E-state index is 4.48. The summed E-state index contributed by atoms with van der Waals surface area (Å²) in [6, 6.07) is 21.0. The minimum atomic E-state index is 0.998. The summed E-state index contributed by atoms with van der Waals surface area (Å²) in [6.07, 6.45) is 0. The second-order valence-electron chi connectivity index (χ2n) is 4.82. The number of nitrogens with one attached hydrogen (secondary N) is 1. The van der Waals surface area contributed by atoms with Crippen LogP contribution in [0.2, 0.25) is 0 Å². The van der Waals surface area contributed by atoms with Crippen molar-refractivity contribution in [2.24, 2.45) is 0 Å². The lowest BCUT2D eigenvalue weighted by Crippen LogP contribution is -1.78. The van der Waals surface area contributed by atoms with Gasteiger partial charge in [-0.25, -0.2) is 0 Å². The van der Waals surface area contributed by atoms with Crippen LogP contribution in [0, 0.1) is 0 Å². The summed E-state index contributed by atoms with van der Waals surface area (Å²) in [4.78, 5) is 0. The molecule has 1 heterocycles. The van der Waals surface area contributed by atoms with Crippen molar-refractivity contribution in [3.63, 3.8) is 0 Å². The average molecular weight is 323 g/mol. The van der Waals surface area contributed by atoms with Crippen LogP contribution in [0.25, 0.3) is 32.9 Å². The Balaban J connectivity index is 2.00. The van der Waals surface area contributed by atoms with Crippen molar-refractivity contribution in [1.29, 1.82) is 0 Å². The van der Waals surface area contributed by atoms with Crippen LogP contribution in [-0.2, 0) is 0 Å². The smallest absolute Gasteiger partial charge is 0.0999 e. The molecular weight excluding hydrogens is 312 g/mol. The van der Waals surface area contributed by atoms with Gasteiger partial charge in [-0.05, 0) is 35.0 Å². The van der Waals surface area contributed by atoms with Gasteiger partial charge < -0.3 is 0 Å². The van der Waals surface area contributed by atoms with E-state index in [1.54, 1.807) is 0 Å². The van der Waals surface area contributed by atoms with Gasteiger partial charge in [0.15, 0.2) is 0 Å². The van der Waals surface area contributed by atoms with Crippen molar-refractivity contribution >= 4 is 37.6 Å². The van der Waals surface area contributed by atoms with Crippen LogP contribution in [0.3, 0.4) is 0 Å². The molecule has 0 amide bonds.